The SMILES string of the molecule is Cc1ccc(CC(O)c2ccc(N3CCC(O)C3COCc3cccc(C(=O)O)c3)cc2)s1. The van der Waals surface area contributed by atoms with Gasteiger partial charge < -0.3 is 25.0 Å². The monoisotopic (exact) mass is 467 g/mol. The molecule has 0 bridgehead atoms. The van der Waals surface area contributed by atoms with E-state index >= 15 is 0 Å². The predicted molar refractivity (Wildman–Crippen MR) is 129 cm³/mol. The molecule has 0 saturated carbocycles. The fourth-order valence-electron chi connectivity index (χ4n) is 4.24. The molecule has 0 aliphatic carbocycles. The molecule has 0 amide bonds. The summed E-state index contributed by atoms with van der Waals surface area (Å²) >= 11 is 1.70. The molecule has 1 saturated heterocycles. The van der Waals surface area contributed by atoms with Crippen molar-refractivity contribution in [1.29, 1.82) is 0 Å². The molecule has 4 rings (SSSR count). The Balaban J connectivity index is 1.36. The first-order valence-corrected chi connectivity index (χ1v) is 11.9. The Bertz CT molecular complexity index is 1080. The normalized spacial score (nSPS) is 19.1. The van der Waals surface area contributed by atoms with Crippen molar-refractivity contribution in [3.63, 3.8) is 0 Å². The highest BCUT2D eigenvalue weighted by molar-refractivity contribution is 7.11. The maximum atomic E-state index is 11.1. The molecule has 6 nitrogen and oxygen atoms in total. The van der Waals surface area contributed by atoms with Crippen LogP contribution in [0.2, 0.25) is 0 Å². The highest BCUT2D eigenvalue weighted by Crippen LogP contribution is 2.29. The van der Waals surface area contributed by atoms with Crippen LogP contribution < -0.4 is 4.90 Å². The van der Waals surface area contributed by atoms with Crippen LogP contribution in [0.1, 0.15) is 43.8 Å². The number of anilines is 1. The summed E-state index contributed by atoms with van der Waals surface area (Å²) in [6, 6.07) is 18.5. The number of benzene rings is 2. The van der Waals surface area contributed by atoms with E-state index in [2.05, 4.69) is 24.0 Å². The molecular weight excluding hydrogens is 438 g/mol. The van der Waals surface area contributed by atoms with E-state index in [1.165, 1.54) is 4.88 Å². The number of carboxylic acids is 1. The van der Waals surface area contributed by atoms with Gasteiger partial charge in [-0.05, 0) is 60.9 Å². The Kier molecular flexibility index (Phi) is 7.45. The molecule has 1 aliphatic rings. The summed E-state index contributed by atoms with van der Waals surface area (Å²) in [5.74, 6) is -0.965. The summed E-state index contributed by atoms with van der Waals surface area (Å²) in [7, 11) is 0. The van der Waals surface area contributed by atoms with Gasteiger partial charge in [-0.1, -0.05) is 24.3 Å². The quantitative estimate of drug-likeness (QED) is 0.437. The molecule has 2 heterocycles. The lowest BCUT2D eigenvalue weighted by atomic mass is 10.0. The lowest BCUT2D eigenvalue weighted by Crippen LogP contribution is -2.39. The number of hydrogen-bond acceptors (Lipinski definition) is 6. The number of aryl methyl sites for hydroxylation is 1. The zero-order valence-electron chi connectivity index (χ0n) is 18.6. The van der Waals surface area contributed by atoms with Gasteiger partial charge in [0.2, 0.25) is 0 Å². The molecule has 1 aliphatic heterocycles. The summed E-state index contributed by atoms with van der Waals surface area (Å²) in [4.78, 5) is 15.7. The van der Waals surface area contributed by atoms with E-state index in [0.29, 0.717) is 19.4 Å². The Morgan fingerprint density at radius 2 is 1.97 bits per heavy atom. The summed E-state index contributed by atoms with van der Waals surface area (Å²) in [6.07, 6.45) is 0.203. The maximum Gasteiger partial charge on any atom is 0.335 e. The molecule has 1 fully saturated rings. The highest BCUT2D eigenvalue weighted by Gasteiger charge is 2.33. The fourth-order valence-corrected chi connectivity index (χ4v) is 5.17. The van der Waals surface area contributed by atoms with Crippen molar-refractivity contribution < 1.29 is 24.9 Å². The van der Waals surface area contributed by atoms with E-state index in [9.17, 15) is 15.0 Å². The van der Waals surface area contributed by atoms with Crippen molar-refractivity contribution in [2.45, 2.75) is 44.6 Å². The highest BCUT2D eigenvalue weighted by atomic mass is 32.1. The molecule has 33 heavy (non-hydrogen) atoms. The van der Waals surface area contributed by atoms with Crippen LogP contribution in [-0.4, -0.2) is 46.6 Å². The van der Waals surface area contributed by atoms with Gasteiger partial charge in [-0.15, -0.1) is 11.3 Å². The van der Waals surface area contributed by atoms with Gasteiger partial charge in [0.15, 0.2) is 0 Å². The maximum absolute atomic E-state index is 11.1. The number of ether oxygens (including phenoxy) is 1. The molecule has 3 aromatic rings. The van der Waals surface area contributed by atoms with Crippen LogP contribution in [0.15, 0.2) is 60.7 Å². The van der Waals surface area contributed by atoms with Gasteiger partial charge in [0.25, 0.3) is 0 Å². The van der Waals surface area contributed by atoms with E-state index in [1.54, 1.807) is 29.5 Å². The number of aliphatic hydroxyl groups excluding tert-OH is 2. The number of aromatic carboxylic acids is 1. The molecular formula is C26H29NO5S. The largest absolute Gasteiger partial charge is 0.478 e. The molecule has 3 N–H and O–H groups in total. The summed E-state index contributed by atoms with van der Waals surface area (Å²) in [5, 5.41) is 30.2. The lowest BCUT2D eigenvalue weighted by Gasteiger charge is -2.28. The topological polar surface area (TPSA) is 90.2 Å². The first kappa shape index (κ1) is 23.4. The summed E-state index contributed by atoms with van der Waals surface area (Å²) in [5.41, 5.74) is 2.87. The van der Waals surface area contributed by atoms with E-state index in [1.807, 2.05) is 30.3 Å². The minimum absolute atomic E-state index is 0.183. The van der Waals surface area contributed by atoms with Crippen molar-refractivity contribution in [1.82, 2.24) is 0 Å². The van der Waals surface area contributed by atoms with Crippen LogP contribution >= 0.6 is 11.3 Å². The minimum atomic E-state index is -0.965. The number of nitrogens with zero attached hydrogens (tertiary/aromatic N) is 1. The zero-order chi connectivity index (χ0) is 23.4. The van der Waals surface area contributed by atoms with Crippen LogP contribution in [0.5, 0.6) is 0 Å². The molecule has 2 aromatic carbocycles. The number of carbonyl (C=O) groups is 1. The third kappa shape index (κ3) is 5.81. The standard InChI is InChI=1S/C26H29NO5S/c1-17-5-10-22(33-17)14-25(29)19-6-8-21(9-7-19)27-12-11-24(28)23(27)16-32-15-18-3-2-4-20(13-18)26(30)31/h2-10,13,23-25,28-29H,11-12,14-16H2,1H3,(H,30,31). The Hall–Kier alpha value is -2.71. The molecule has 1 aromatic heterocycles. The van der Waals surface area contributed by atoms with Gasteiger partial charge in [-0.3, -0.25) is 0 Å². The average Bonchev–Trinajstić information content (AvgIpc) is 3.39. The predicted octanol–water partition coefficient (Wildman–Crippen LogP) is 4.19. The minimum Gasteiger partial charge on any atom is -0.478 e. The third-order valence-electron chi connectivity index (χ3n) is 6.04. The van der Waals surface area contributed by atoms with Crippen LogP contribution in [0.25, 0.3) is 0 Å². The average molecular weight is 468 g/mol. The molecule has 174 valence electrons. The molecule has 3 unspecified atom stereocenters. The van der Waals surface area contributed by atoms with Gasteiger partial charge in [-0.2, -0.15) is 0 Å². The summed E-state index contributed by atoms with van der Waals surface area (Å²) in [6.45, 7) is 3.40. The Morgan fingerprint density at radius 3 is 2.67 bits per heavy atom. The lowest BCUT2D eigenvalue weighted by molar-refractivity contribution is 0.0662. The Labute approximate surface area is 197 Å². The number of rotatable bonds is 9. The molecule has 3 atom stereocenters. The van der Waals surface area contributed by atoms with Crippen LogP contribution in [0.4, 0.5) is 5.69 Å². The second-order valence-corrected chi connectivity index (χ2v) is 9.83. The van der Waals surface area contributed by atoms with Crippen molar-refractivity contribution >= 4 is 23.0 Å². The number of aliphatic hydroxyl groups is 2. The smallest absolute Gasteiger partial charge is 0.335 e. The molecule has 7 heteroatoms. The van der Waals surface area contributed by atoms with Crippen LogP contribution in [-0.2, 0) is 17.8 Å². The van der Waals surface area contributed by atoms with E-state index in [4.69, 9.17) is 9.84 Å². The van der Waals surface area contributed by atoms with Crippen LogP contribution in [0.3, 0.4) is 0 Å². The number of hydrogen-bond donors (Lipinski definition) is 3. The first-order chi connectivity index (χ1) is 15.9. The first-order valence-electron chi connectivity index (χ1n) is 11.1. The van der Waals surface area contributed by atoms with Gasteiger partial charge in [-0.25, -0.2) is 4.79 Å². The van der Waals surface area contributed by atoms with Gasteiger partial charge in [0, 0.05) is 28.4 Å². The molecule has 0 radical (unpaired) electrons. The van der Waals surface area contributed by atoms with Gasteiger partial charge >= 0.3 is 5.97 Å². The van der Waals surface area contributed by atoms with E-state index in [0.717, 1.165) is 28.2 Å². The summed E-state index contributed by atoms with van der Waals surface area (Å²) < 4.78 is 5.86. The van der Waals surface area contributed by atoms with Crippen LogP contribution in [0, 0.1) is 6.92 Å². The van der Waals surface area contributed by atoms with Crippen molar-refractivity contribution in [2.75, 3.05) is 18.1 Å². The third-order valence-corrected chi connectivity index (χ3v) is 7.06. The number of thiophene rings is 1. The van der Waals surface area contributed by atoms with E-state index < -0.39 is 18.2 Å². The van der Waals surface area contributed by atoms with Gasteiger partial charge in [0.1, 0.15) is 0 Å². The number of carboxylic acid groups (broad SMARTS) is 1. The molecule has 0 spiro atoms. The second kappa shape index (κ2) is 10.5. The van der Waals surface area contributed by atoms with Crippen molar-refractivity contribution in [2.24, 2.45) is 0 Å². The van der Waals surface area contributed by atoms with Crippen molar-refractivity contribution in [3.05, 3.63) is 87.1 Å². The van der Waals surface area contributed by atoms with Crippen molar-refractivity contribution in [3.8, 4) is 0 Å². The van der Waals surface area contributed by atoms with E-state index in [-0.39, 0.29) is 18.2 Å². The zero-order valence-corrected chi connectivity index (χ0v) is 19.4. The Morgan fingerprint density at radius 1 is 1.18 bits per heavy atom. The second-order valence-electron chi connectivity index (χ2n) is 8.46. The van der Waals surface area contributed by atoms with Gasteiger partial charge in [0.05, 0.1) is 37.0 Å². The fraction of sp³-hybridized carbons (Fsp3) is 0.346.